The molecule has 1 saturated heterocycles. The Labute approximate surface area is 203 Å². The number of piperidine rings is 1. The third-order valence-electron chi connectivity index (χ3n) is 5.55. The Morgan fingerprint density at radius 2 is 1.65 bits per heavy atom. The van der Waals surface area contributed by atoms with E-state index in [1.54, 1.807) is 12.1 Å². The smallest absolute Gasteiger partial charge is 0.234 e. The van der Waals surface area contributed by atoms with Gasteiger partial charge in [-0.1, -0.05) is 30.0 Å². The molecular weight excluding hydrogens is 454 g/mol. The number of hydrogen-bond donors (Lipinski definition) is 1. The first-order chi connectivity index (χ1) is 16.6. The molecule has 1 aliphatic heterocycles. The van der Waals surface area contributed by atoms with E-state index >= 15 is 0 Å². The van der Waals surface area contributed by atoms with Crippen LogP contribution in [0.2, 0.25) is 0 Å². The number of ether oxygens (including phenoxy) is 3. The molecule has 1 amide bonds. The van der Waals surface area contributed by atoms with Gasteiger partial charge in [0.1, 0.15) is 0 Å². The molecule has 4 rings (SSSR count). The van der Waals surface area contributed by atoms with Crippen LogP contribution in [-0.2, 0) is 4.79 Å². The van der Waals surface area contributed by atoms with E-state index in [-0.39, 0.29) is 11.7 Å². The summed E-state index contributed by atoms with van der Waals surface area (Å²) in [6.07, 6.45) is 3.52. The lowest BCUT2D eigenvalue weighted by Gasteiger charge is -2.27. The van der Waals surface area contributed by atoms with Crippen molar-refractivity contribution in [3.8, 4) is 22.9 Å². The number of para-hydroxylation sites is 1. The number of nitrogens with one attached hydrogen (secondary N) is 1. The zero-order valence-electron chi connectivity index (χ0n) is 19.6. The first kappa shape index (κ1) is 23.7. The molecule has 1 aliphatic rings. The van der Waals surface area contributed by atoms with Crippen LogP contribution < -0.4 is 24.4 Å². The van der Waals surface area contributed by atoms with Crippen LogP contribution in [0.1, 0.15) is 19.3 Å². The number of thioether (sulfide) groups is 1. The molecule has 2 aromatic carbocycles. The number of anilines is 2. The monoisotopic (exact) mass is 483 g/mol. The van der Waals surface area contributed by atoms with Gasteiger partial charge in [0.2, 0.25) is 17.6 Å². The van der Waals surface area contributed by atoms with Gasteiger partial charge in [0.15, 0.2) is 16.7 Å². The molecule has 0 unspecified atom stereocenters. The topological polar surface area (TPSA) is 90.7 Å². The van der Waals surface area contributed by atoms with E-state index < -0.39 is 0 Å². The van der Waals surface area contributed by atoms with Gasteiger partial charge < -0.3 is 24.4 Å². The number of carbonyl (C=O) groups is 1. The van der Waals surface area contributed by atoms with E-state index in [2.05, 4.69) is 20.4 Å². The number of amides is 1. The minimum atomic E-state index is -0.179. The molecule has 0 spiro atoms. The third-order valence-corrected chi connectivity index (χ3v) is 6.48. The molecule has 0 aliphatic carbocycles. The van der Waals surface area contributed by atoms with Crippen molar-refractivity contribution in [2.45, 2.75) is 24.4 Å². The van der Waals surface area contributed by atoms with Crippen LogP contribution in [0.5, 0.6) is 17.2 Å². The van der Waals surface area contributed by atoms with E-state index in [1.807, 2.05) is 34.9 Å². The number of rotatable bonds is 9. The normalized spacial score (nSPS) is 13.4. The lowest BCUT2D eigenvalue weighted by Crippen LogP contribution is -2.31. The summed E-state index contributed by atoms with van der Waals surface area (Å²) in [6.45, 7) is 1.91. The maximum atomic E-state index is 12.8. The van der Waals surface area contributed by atoms with E-state index in [0.29, 0.717) is 28.1 Å². The van der Waals surface area contributed by atoms with Crippen LogP contribution in [0.25, 0.3) is 5.69 Å². The third kappa shape index (κ3) is 5.22. The van der Waals surface area contributed by atoms with Gasteiger partial charge in [-0.25, -0.2) is 0 Å². The second-order valence-corrected chi connectivity index (χ2v) is 8.69. The van der Waals surface area contributed by atoms with Crippen molar-refractivity contribution in [1.82, 2.24) is 14.8 Å². The van der Waals surface area contributed by atoms with Gasteiger partial charge in [0.25, 0.3) is 0 Å². The average Bonchev–Trinajstić information content (AvgIpc) is 3.32. The molecule has 0 atom stereocenters. The van der Waals surface area contributed by atoms with Gasteiger partial charge in [-0.2, -0.15) is 0 Å². The van der Waals surface area contributed by atoms with Gasteiger partial charge in [-0.15, -0.1) is 10.2 Å². The molecule has 1 N–H and O–H groups in total. The summed E-state index contributed by atoms with van der Waals surface area (Å²) in [7, 11) is 4.61. The minimum absolute atomic E-state index is 0.168. The predicted octanol–water partition coefficient (Wildman–Crippen LogP) is 4.01. The summed E-state index contributed by atoms with van der Waals surface area (Å²) in [4.78, 5) is 15.1. The first-order valence-corrected chi connectivity index (χ1v) is 12.1. The molecule has 1 aromatic heterocycles. The Morgan fingerprint density at radius 3 is 2.26 bits per heavy atom. The van der Waals surface area contributed by atoms with Crippen molar-refractivity contribution >= 4 is 29.3 Å². The molecule has 9 nitrogen and oxygen atoms in total. The number of hydrogen-bond acceptors (Lipinski definition) is 8. The predicted molar refractivity (Wildman–Crippen MR) is 133 cm³/mol. The largest absolute Gasteiger partial charge is 0.493 e. The fourth-order valence-electron chi connectivity index (χ4n) is 3.94. The summed E-state index contributed by atoms with van der Waals surface area (Å²) in [5, 5.41) is 12.5. The Kier molecular flexibility index (Phi) is 7.79. The van der Waals surface area contributed by atoms with Gasteiger partial charge >= 0.3 is 0 Å². The molecule has 2 heterocycles. The van der Waals surface area contributed by atoms with E-state index in [1.165, 1.54) is 39.5 Å². The first-order valence-electron chi connectivity index (χ1n) is 11.1. The van der Waals surface area contributed by atoms with Gasteiger partial charge in [0, 0.05) is 30.9 Å². The Hall–Kier alpha value is -3.40. The number of benzene rings is 2. The van der Waals surface area contributed by atoms with Crippen LogP contribution >= 0.6 is 11.8 Å². The minimum Gasteiger partial charge on any atom is -0.493 e. The SMILES string of the molecule is COc1cc(NC(=O)CSc2nnc(N3CCCCC3)n2-c2ccccc2)cc(OC)c1OC. The molecular formula is C24H29N5O4S. The summed E-state index contributed by atoms with van der Waals surface area (Å²) in [5.74, 6) is 2.22. The van der Waals surface area contributed by atoms with E-state index in [9.17, 15) is 4.79 Å². The van der Waals surface area contributed by atoms with Crippen LogP contribution in [0, 0.1) is 0 Å². The Bertz CT molecular complexity index is 1090. The summed E-state index contributed by atoms with van der Waals surface area (Å²) in [5.41, 5.74) is 1.53. The highest BCUT2D eigenvalue weighted by atomic mass is 32.2. The van der Waals surface area contributed by atoms with Crippen molar-refractivity contribution in [2.75, 3.05) is 50.4 Å². The van der Waals surface area contributed by atoms with Crippen LogP contribution in [0.4, 0.5) is 11.6 Å². The summed E-state index contributed by atoms with van der Waals surface area (Å²) in [6, 6.07) is 13.4. The van der Waals surface area contributed by atoms with E-state index in [4.69, 9.17) is 14.2 Å². The van der Waals surface area contributed by atoms with Crippen molar-refractivity contribution in [3.63, 3.8) is 0 Å². The molecule has 3 aromatic rings. The summed E-state index contributed by atoms with van der Waals surface area (Å²) >= 11 is 1.35. The molecule has 0 saturated carbocycles. The van der Waals surface area contributed by atoms with Crippen LogP contribution in [0.3, 0.4) is 0 Å². The standard InChI is InChI=1S/C24H29N5O4S/c1-31-19-14-17(15-20(32-2)22(19)33-3)25-21(30)16-34-24-27-26-23(28-12-8-5-9-13-28)29(24)18-10-6-4-7-11-18/h4,6-7,10-11,14-15H,5,8-9,12-13,16H2,1-3H3,(H,25,30). The highest BCUT2D eigenvalue weighted by Gasteiger charge is 2.22. The van der Waals surface area contributed by atoms with Gasteiger partial charge in [0.05, 0.1) is 32.8 Å². The number of aromatic nitrogens is 3. The summed E-state index contributed by atoms with van der Waals surface area (Å²) < 4.78 is 18.1. The maximum absolute atomic E-state index is 12.8. The second-order valence-electron chi connectivity index (χ2n) is 7.75. The zero-order chi connectivity index (χ0) is 23.9. The maximum Gasteiger partial charge on any atom is 0.234 e. The fourth-order valence-corrected chi connectivity index (χ4v) is 4.68. The van der Waals surface area contributed by atoms with Gasteiger partial charge in [-0.05, 0) is 31.4 Å². The van der Waals surface area contributed by atoms with Crippen molar-refractivity contribution in [2.24, 2.45) is 0 Å². The quantitative estimate of drug-likeness (QED) is 0.457. The van der Waals surface area contributed by atoms with E-state index in [0.717, 1.165) is 37.6 Å². The molecule has 0 radical (unpaired) electrons. The Balaban J connectivity index is 1.51. The highest BCUT2D eigenvalue weighted by molar-refractivity contribution is 7.99. The van der Waals surface area contributed by atoms with Crippen molar-refractivity contribution in [3.05, 3.63) is 42.5 Å². The molecule has 0 bridgehead atoms. The van der Waals surface area contributed by atoms with Crippen molar-refractivity contribution < 1.29 is 19.0 Å². The lowest BCUT2D eigenvalue weighted by molar-refractivity contribution is -0.113. The van der Waals surface area contributed by atoms with Crippen LogP contribution in [0.15, 0.2) is 47.6 Å². The number of nitrogens with zero attached hydrogens (tertiary/aromatic N) is 4. The fraction of sp³-hybridized carbons (Fsp3) is 0.375. The average molecular weight is 484 g/mol. The zero-order valence-corrected chi connectivity index (χ0v) is 20.4. The molecule has 1 fully saturated rings. The molecule has 180 valence electrons. The number of carbonyl (C=O) groups excluding carboxylic acids is 1. The molecule has 10 heteroatoms. The second kappa shape index (κ2) is 11.1. The lowest BCUT2D eigenvalue weighted by atomic mass is 10.1. The highest BCUT2D eigenvalue weighted by Crippen LogP contribution is 2.40. The van der Waals surface area contributed by atoms with Crippen LogP contribution in [-0.4, -0.2) is 60.8 Å². The molecule has 34 heavy (non-hydrogen) atoms. The van der Waals surface area contributed by atoms with Crippen molar-refractivity contribution in [1.29, 1.82) is 0 Å². The Morgan fingerprint density at radius 1 is 0.971 bits per heavy atom. The van der Waals surface area contributed by atoms with Gasteiger partial charge in [-0.3, -0.25) is 9.36 Å². The number of methoxy groups -OCH3 is 3.